The number of rotatable bonds is 6. The molecule has 4 aromatic rings. The van der Waals surface area contributed by atoms with Crippen LogP contribution in [0.2, 0.25) is 0 Å². The molecule has 1 amide bonds. The van der Waals surface area contributed by atoms with Crippen molar-refractivity contribution in [3.8, 4) is 0 Å². The first-order valence-corrected chi connectivity index (χ1v) is 13.7. The van der Waals surface area contributed by atoms with Gasteiger partial charge in [0.2, 0.25) is 5.91 Å². The van der Waals surface area contributed by atoms with Crippen LogP contribution >= 0.6 is 0 Å². The molecule has 2 N–H and O–H groups in total. The van der Waals surface area contributed by atoms with Gasteiger partial charge in [0.25, 0.3) is 5.56 Å². The first-order valence-electron chi connectivity index (χ1n) is 12.5. The molecule has 1 saturated heterocycles. The van der Waals surface area contributed by atoms with Crippen LogP contribution in [0, 0.1) is 13.8 Å². The summed E-state index contributed by atoms with van der Waals surface area (Å²) in [6, 6.07) is 11.8. The minimum Gasteiger partial charge on any atom is -0.369 e. The minimum atomic E-state index is -1.59. The van der Waals surface area contributed by atoms with Crippen LogP contribution in [0.15, 0.2) is 51.1 Å². The number of carbonyl (C=O) groups is 1. The summed E-state index contributed by atoms with van der Waals surface area (Å²) in [5.41, 5.74) is 3.47. The van der Waals surface area contributed by atoms with Crippen molar-refractivity contribution in [2.24, 2.45) is 0 Å². The lowest BCUT2D eigenvalue weighted by molar-refractivity contribution is -0.122. The highest BCUT2D eigenvalue weighted by atomic mass is 32.2. The molecule has 2 fully saturated rings. The standard InChI is InChI=1S/C26H29N7O3S/c1-16-3-8-22(17(2)13-16)37(36)26-24-28-25(35)20-7-6-19(14-21(20)33(24)30-29-26)32-11-9-31(10-12-32)15-23(34)27-18-4-5-18/h3,6-8,13-14,18,30H,4-5,9-12,15H2,1-2H3,(H,27,34). The molecule has 2 aromatic heterocycles. The highest BCUT2D eigenvalue weighted by Gasteiger charge is 2.26. The number of amides is 1. The van der Waals surface area contributed by atoms with Crippen LogP contribution in [0.25, 0.3) is 16.6 Å². The van der Waals surface area contributed by atoms with Gasteiger partial charge >= 0.3 is 0 Å². The minimum absolute atomic E-state index is 0.101. The van der Waals surface area contributed by atoms with Crippen LogP contribution in [0.5, 0.6) is 0 Å². The van der Waals surface area contributed by atoms with Crippen molar-refractivity contribution in [2.45, 2.75) is 42.7 Å². The average molecular weight is 520 g/mol. The second kappa shape index (κ2) is 9.38. The number of anilines is 1. The van der Waals surface area contributed by atoms with Gasteiger partial charge < -0.3 is 10.2 Å². The number of carbonyl (C=O) groups excluding carboxylic acids is 1. The zero-order valence-corrected chi connectivity index (χ0v) is 21.7. The topological polar surface area (TPSA) is 116 Å². The van der Waals surface area contributed by atoms with Crippen LogP contribution in [0.1, 0.15) is 24.0 Å². The van der Waals surface area contributed by atoms with Crippen molar-refractivity contribution in [1.29, 1.82) is 0 Å². The number of hydrogen-bond acceptors (Lipinski definition) is 7. The van der Waals surface area contributed by atoms with Crippen molar-refractivity contribution in [2.75, 3.05) is 37.6 Å². The summed E-state index contributed by atoms with van der Waals surface area (Å²) >= 11 is 0. The molecule has 1 atom stereocenters. The molecule has 0 radical (unpaired) electrons. The van der Waals surface area contributed by atoms with E-state index < -0.39 is 10.8 Å². The van der Waals surface area contributed by atoms with Crippen molar-refractivity contribution < 1.29 is 9.00 Å². The van der Waals surface area contributed by atoms with Gasteiger partial charge in [0.15, 0.2) is 10.7 Å². The van der Waals surface area contributed by atoms with E-state index in [1.807, 2.05) is 44.2 Å². The molecule has 6 rings (SSSR count). The molecule has 0 bridgehead atoms. The predicted molar refractivity (Wildman–Crippen MR) is 142 cm³/mol. The van der Waals surface area contributed by atoms with Crippen LogP contribution in [0.4, 0.5) is 5.69 Å². The number of piperazine rings is 1. The lowest BCUT2D eigenvalue weighted by Gasteiger charge is -2.35. The summed E-state index contributed by atoms with van der Waals surface area (Å²) in [5.74, 6) is 0.101. The van der Waals surface area contributed by atoms with Crippen molar-refractivity contribution in [3.05, 3.63) is 57.9 Å². The maximum absolute atomic E-state index is 13.4. The van der Waals surface area contributed by atoms with Gasteiger partial charge in [-0.25, -0.2) is 13.9 Å². The van der Waals surface area contributed by atoms with E-state index in [9.17, 15) is 13.8 Å². The molecule has 192 valence electrons. The van der Waals surface area contributed by atoms with E-state index in [-0.39, 0.29) is 22.1 Å². The number of fused-ring (bicyclic) bond motifs is 3. The van der Waals surface area contributed by atoms with Crippen molar-refractivity contribution in [3.63, 3.8) is 0 Å². The Kier molecular flexibility index (Phi) is 6.04. The lowest BCUT2D eigenvalue weighted by Crippen LogP contribution is -2.49. The SMILES string of the molecule is Cc1ccc(S(=O)c2n[nH]n3c2nc(=O)c2ccc(N4CCN(CC(=O)NC5CC5)CC4)cc23)c(C)c1. The number of aromatic amines is 1. The lowest BCUT2D eigenvalue weighted by atomic mass is 10.2. The van der Waals surface area contributed by atoms with Gasteiger partial charge in [-0.15, -0.1) is 5.10 Å². The fraction of sp³-hybridized carbons (Fsp3) is 0.385. The van der Waals surface area contributed by atoms with Gasteiger partial charge in [0.05, 0.1) is 17.4 Å². The largest absolute Gasteiger partial charge is 0.369 e. The number of hydrogen-bond donors (Lipinski definition) is 2. The Hall–Kier alpha value is -3.57. The quantitative estimate of drug-likeness (QED) is 0.399. The van der Waals surface area contributed by atoms with Gasteiger partial charge in [-0.05, 0) is 56.5 Å². The van der Waals surface area contributed by atoms with E-state index in [0.717, 1.165) is 55.8 Å². The molecule has 1 aliphatic heterocycles. The number of benzene rings is 2. The molecule has 3 heterocycles. The number of aryl methyl sites for hydroxylation is 2. The summed E-state index contributed by atoms with van der Waals surface area (Å²) in [5, 5.41) is 11.0. The Morgan fingerprint density at radius 3 is 2.62 bits per heavy atom. The Balaban J connectivity index is 1.27. The molecule has 1 aliphatic carbocycles. The Morgan fingerprint density at radius 1 is 1.11 bits per heavy atom. The first-order chi connectivity index (χ1) is 17.9. The van der Waals surface area contributed by atoms with E-state index in [1.54, 1.807) is 10.6 Å². The summed E-state index contributed by atoms with van der Waals surface area (Å²) in [6.45, 7) is 7.44. The van der Waals surface area contributed by atoms with Gasteiger partial charge in [0, 0.05) is 42.8 Å². The van der Waals surface area contributed by atoms with E-state index in [4.69, 9.17) is 0 Å². The summed E-state index contributed by atoms with van der Waals surface area (Å²) in [6.07, 6.45) is 2.18. The van der Waals surface area contributed by atoms with Gasteiger partial charge in [0.1, 0.15) is 10.8 Å². The summed E-state index contributed by atoms with van der Waals surface area (Å²) in [7, 11) is -1.59. The molecule has 2 aliphatic rings. The van der Waals surface area contributed by atoms with Crippen LogP contribution in [0.3, 0.4) is 0 Å². The molecular weight excluding hydrogens is 490 g/mol. The van der Waals surface area contributed by atoms with Gasteiger partial charge in [-0.3, -0.25) is 14.5 Å². The number of aromatic nitrogens is 4. The number of H-pyrrole nitrogens is 1. The Labute approximate surface area is 216 Å². The molecule has 11 heteroatoms. The molecule has 1 unspecified atom stereocenters. The highest BCUT2D eigenvalue weighted by molar-refractivity contribution is 7.85. The Bertz CT molecular complexity index is 1600. The van der Waals surface area contributed by atoms with E-state index in [2.05, 4.69) is 30.4 Å². The molecule has 10 nitrogen and oxygen atoms in total. The maximum Gasteiger partial charge on any atom is 0.281 e. The first kappa shape index (κ1) is 23.8. The zero-order chi connectivity index (χ0) is 25.7. The third-order valence-electron chi connectivity index (χ3n) is 7.07. The maximum atomic E-state index is 13.4. The van der Waals surface area contributed by atoms with E-state index in [1.165, 1.54) is 0 Å². The summed E-state index contributed by atoms with van der Waals surface area (Å²) < 4.78 is 15.1. The van der Waals surface area contributed by atoms with Crippen molar-refractivity contribution in [1.82, 2.24) is 30.0 Å². The smallest absolute Gasteiger partial charge is 0.281 e. The van der Waals surface area contributed by atoms with Crippen molar-refractivity contribution >= 4 is 38.9 Å². The monoisotopic (exact) mass is 519 g/mol. The molecule has 37 heavy (non-hydrogen) atoms. The van der Waals surface area contributed by atoms with Gasteiger partial charge in [-0.2, -0.15) is 4.98 Å². The highest BCUT2D eigenvalue weighted by Crippen LogP contribution is 2.25. The van der Waals surface area contributed by atoms with Crippen LogP contribution in [-0.2, 0) is 15.6 Å². The second-order valence-corrected chi connectivity index (χ2v) is 11.3. The third-order valence-corrected chi connectivity index (χ3v) is 8.55. The zero-order valence-electron chi connectivity index (χ0n) is 20.9. The summed E-state index contributed by atoms with van der Waals surface area (Å²) in [4.78, 5) is 34.3. The Morgan fingerprint density at radius 2 is 1.89 bits per heavy atom. The van der Waals surface area contributed by atoms with Crippen LogP contribution in [-0.4, -0.2) is 73.6 Å². The molecular formula is C26H29N7O3S. The van der Waals surface area contributed by atoms with E-state index in [0.29, 0.717) is 28.4 Å². The van der Waals surface area contributed by atoms with Gasteiger partial charge in [-0.1, -0.05) is 17.7 Å². The number of nitrogens with one attached hydrogen (secondary N) is 2. The molecule has 0 spiro atoms. The third kappa shape index (κ3) is 4.64. The van der Waals surface area contributed by atoms with Crippen LogP contribution < -0.4 is 15.8 Å². The number of nitrogens with zero attached hydrogens (tertiary/aromatic N) is 5. The fourth-order valence-corrected chi connectivity index (χ4v) is 6.08. The molecule has 1 saturated carbocycles. The molecule has 2 aromatic carbocycles. The second-order valence-electron chi connectivity index (χ2n) is 9.94. The fourth-order valence-electron chi connectivity index (χ4n) is 4.90. The average Bonchev–Trinajstić information content (AvgIpc) is 3.59. The predicted octanol–water partition coefficient (Wildman–Crippen LogP) is 1.75. The van der Waals surface area contributed by atoms with E-state index >= 15 is 0 Å². The normalized spacial score (nSPS) is 17.4.